The molecule has 0 saturated carbocycles. The lowest BCUT2D eigenvalue weighted by Crippen LogP contribution is -2.15. The molecule has 0 atom stereocenters. The summed E-state index contributed by atoms with van der Waals surface area (Å²) in [6.45, 7) is 0.841. The monoisotopic (exact) mass is 523 g/mol. The van der Waals surface area contributed by atoms with Crippen LogP contribution in [0.2, 0.25) is 0 Å². The van der Waals surface area contributed by atoms with Gasteiger partial charge in [0, 0.05) is 16.1 Å². The average Bonchev–Trinajstić information content (AvgIpc) is 3.22. The number of aliphatic imine (C=N–C) groups is 1. The topological polar surface area (TPSA) is 93.0 Å². The molecule has 0 fully saturated rings. The van der Waals surface area contributed by atoms with E-state index < -0.39 is 5.97 Å². The minimum atomic E-state index is -0.963. The SMILES string of the molecule is O=C(O)CN=Cc1ccc2snc(Nc3cccc(-c4ccc5c(c4)OCCO5)c3Br)c2c1. The van der Waals surface area contributed by atoms with Crippen LogP contribution >= 0.6 is 27.5 Å². The van der Waals surface area contributed by atoms with Gasteiger partial charge in [-0.3, -0.25) is 9.79 Å². The summed E-state index contributed by atoms with van der Waals surface area (Å²) < 4.78 is 17.9. The van der Waals surface area contributed by atoms with Crippen molar-refractivity contribution in [3.05, 3.63) is 64.6 Å². The second kappa shape index (κ2) is 9.21. The molecule has 0 aliphatic carbocycles. The van der Waals surface area contributed by atoms with Crippen LogP contribution < -0.4 is 14.8 Å². The highest BCUT2D eigenvalue weighted by Gasteiger charge is 2.16. The summed E-state index contributed by atoms with van der Waals surface area (Å²) in [6, 6.07) is 17.7. The van der Waals surface area contributed by atoms with Crippen LogP contribution in [-0.4, -0.2) is 41.4 Å². The summed E-state index contributed by atoms with van der Waals surface area (Å²) in [7, 11) is 0. The van der Waals surface area contributed by atoms with Crippen molar-refractivity contribution in [3.8, 4) is 22.6 Å². The first-order valence-electron chi connectivity index (χ1n) is 10.1. The Morgan fingerprint density at radius 3 is 2.85 bits per heavy atom. The zero-order valence-corrected chi connectivity index (χ0v) is 19.6. The molecule has 2 heterocycles. The molecule has 1 aliphatic heterocycles. The van der Waals surface area contributed by atoms with Crippen LogP contribution in [0.5, 0.6) is 11.5 Å². The number of aliphatic carboxylic acids is 1. The Hall–Kier alpha value is -3.43. The maximum atomic E-state index is 10.7. The van der Waals surface area contributed by atoms with E-state index in [0.29, 0.717) is 13.2 Å². The maximum absolute atomic E-state index is 10.7. The number of hydrogen-bond acceptors (Lipinski definition) is 7. The van der Waals surface area contributed by atoms with Crippen molar-refractivity contribution >= 4 is 61.2 Å². The molecule has 166 valence electrons. The molecule has 0 bridgehead atoms. The molecule has 3 aromatic carbocycles. The molecule has 33 heavy (non-hydrogen) atoms. The smallest absolute Gasteiger partial charge is 0.325 e. The van der Waals surface area contributed by atoms with Crippen molar-refractivity contribution in [3.63, 3.8) is 0 Å². The van der Waals surface area contributed by atoms with Crippen LogP contribution in [0.25, 0.3) is 21.2 Å². The Labute approximate surface area is 202 Å². The molecular formula is C24H18BrN3O4S. The first-order chi connectivity index (χ1) is 16.1. The number of carbonyl (C=O) groups is 1. The standard InChI is InChI=1S/C24H18BrN3O4S/c25-23-16(15-5-6-19-20(11-15)32-9-8-31-19)2-1-3-18(23)27-24-17-10-14(12-26-13-22(29)30)4-7-21(17)33-28-24/h1-7,10-12H,8-9,13H2,(H,27,28)(H,29,30). The predicted octanol–water partition coefficient (Wildman–Crippen LogP) is 5.74. The van der Waals surface area contributed by atoms with Crippen LogP contribution in [0.3, 0.4) is 0 Å². The number of anilines is 2. The molecule has 5 rings (SSSR count). The fourth-order valence-corrected chi connectivity index (χ4v) is 4.85. The predicted molar refractivity (Wildman–Crippen MR) is 134 cm³/mol. The third-order valence-electron chi connectivity index (χ3n) is 5.07. The number of carboxylic acids is 1. The molecule has 0 unspecified atom stereocenters. The zero-order valence-electron chi connectivity index (χ0n) is 17.2. The Morgan fingerprint density at radius 2 is 2.00 bits per heavy atom. The summed E-state index contributed by atoms with van der Waals surface area (Å²) in [5.74, 6) is 1.26. The van der Waals surface area contributed by atoms with E-state index in [1.54, 1.807) is 6.21 Å². The number of benzene rings is 3. The third-order valence-corrected chi connectivity index (χ3v) is 6.75. The first-order valence-corrected chi connectivity index (χ1v) is 11.7. The quantitative estimate of drug-likeness (QED) is 0.313. The number of halogens is 1. The van der Waals surface area contributed by atoms with E-state index in [0.717, 1.165) is 54.3 Å². The zero-order chi connectivity index (χ0) is 22.8. The largest absolute Gasteiger partial charge is 0.486 e. The Balaban J connectivity index is 1.45. The average molecular weight is 524 g/mol. The van der Waals surface area contributed by atoms with Crippen molar-refractivity contribution in [1.82, 2.24) is 4.37 Å². The van der Waals surface area contributed by atoms with E-state index in [9.17, 15) is 4.79 Å². The molecule has 9 heteroatoms. The number of rotatable bonds is 6. The lowest BCUT2D eigenvalue weighted by molar-refractivity contribution is -0.135. The normalized spacial score (nSPS) is 12.9. The van der Waals surface area contributed by atoms with Gasteiger partial charge in [-0.15, -0.1) is 0 Å². The van der Waals surface area contributed by atoms with Crippen LogP contribution in [-0.2, 0) is 4.79 Å². The number of carboxylic acid groups (broad SMARTS) is 1. The second-order valence-electron chi connectivity index (χ2n) is 7.30. The Kier molecular flexibility index (Phi) is 5.97. The number of fused-ring (bicyclic) bond motifs is 2. The third kappa shape index (κ3) is 4.55. The number of nitrogens with one attached hydrogen (secondary N) is 1. The first kappa shape index (κ1) is 21.4. The van der Waals surface area contributed by atoms with Crippen LogP contribution in [0.4, 0.5) is 11.5 Å². The van der Waals surface area contributed by atoms with Crippen molar-refractivity contribution in [2.75, 3.05) is 25.1 Å². The lowest BCUT2D eigenvalue weighted by atomic mass is 10.0. The van der Waals surface area contributed by atoms with Crippen molar-refractivity contribution in [2.45, 2.75) is 0 Å². The minimum Gasteiger partial charge on any atom is -0.486 e. The molecule has 1 aromatic heterocycles. The highest BCUT2D eigenvalue weighted by Crippen LogP contribution is 2.40. The highest BCUT2D eigenvalue weighted by atomic mass is 79.9. The van der Waals surface area contributed by atoms with Gasteiger partial charge in [0.05, 0.1) is 10.4 Å². The van der Waals surface area contributed by atoms with Crippen molar-refractivity contribution < 1.29 is 19.4 Å². The highest BCUT2D eigenvalue weighted by molar-refractivity contribution is 9.10. The number of aromatic nitrogens is 1. The Morgan fingerprint density at radius 1 is 1.15 bits per heavy atom. The molecular weight excluding hydrogens is 506 g/mol. The van der Waals surface area contributed by atoms with E-state index in [4.69, 9.17) is 14.6 Å². The van der Waals surface area contributed by atoms with E-state index in [-0.39, 0.29) is 6.54 Å². The number of hydrogen-bond donors (Lipinski definition) is 2. The van der Waals surface area contributed by atoms with E-state index in [2.05, 4.69) is 30.6 Å². The second-order valence-corrected chi connectivity index (χ2v) is 8.90. The van der Waals surface area contributed by atoms with Crippen LogP contribution in [0.1, 0.15) is 5.56 Å². The number of ether oxygens (including phenoxy) is 2. The molecule has 7 nitrogen and oxygen atoms in total. The van der Waals surface area contributed by atoms with Gasteiger partial charge in [0.1, 0.15) is 19.8 Å². The summed E-state index contributed by atoms with van der Waals surface area (Å²) in [5.41, 5.74) is 3.71. The van der Waals surface area contributed by atoms with Gasteiger partial charge in [-0.05, 0) is 74.5 Å². The lowest BCUT2D eigenvalue weighted by Gasteiger charge is -2.19. The molecule has 0 spiro atoms. The van der Waals surface area contributed by atoms with E-state index in [1.807, 2.05) is 54.6 Å². The molecule has 0 saturated heterocycles. The molecule has 2 N–H and O–H groups in total. The maximum Gasteiger partial charge on any atom is 0.325 e. The van der Waals surface area contributed by atoms with Gasteiger partial charge in [0.15, 0.2) is 17.3 Å². The van der Waals surface area contributed by atoms with Gasteiger partial charge in [-0.2, -0.15) is 4.37 Å². The fraction of sp³-hybridized carbons (Fsp3) is 0.125. The van der Waals surface area contributed by atoms with Crippen molar-refractivity contribution in [1.29, 1.82) is 0 Å². The number of nitrogens with zero attached hydrogens (tertiary/aromatic N) is 2. The van der Waals surface area contributed by atoms with Gasteiger partial charge in [-0.1, -0.05) is 24.3 Å². The van der Waals surface area contributed by atoms with E-state index in [1.165, 1.54) is 11.5 Å². The van der Waals surface area contributed by atoms with Gasteiger partial charge in [0.25, 0.3) is 0 Å². The molecule has 0 amide bonds. The summed E-state index contributed by atoms with van der Waals surface area (Å²) in [6.07, 6.45) is 1.56. The summed E-state index contributed by atoms with van der Waals surface area (Å²) >= 11 is 5.15. The van der Waals surface area contributed by atoms with Crippen LogP contribution in [0.15, 0.2) is 64.1 Å². The van der Waals surface area contributed by atoms with Gasteiger partial charge in [-0.25, -0.2) is 0 Å². The summed E-state index contributed by atoms with van der Waals surface area (Å²) in [4.78, 5) is 14.6. The van der Waals surface area contributed by atoms with E-state index >= 15 is 0 Å². The molecule has 1 aliphatic rings. The van der Waals surface area contributed by atoms with Gasteiger partial charge in [0.2, 0.25) is 0 Å². The molecule has 0 radical (unpaired) electrons. The Bertz CT molecular complexity index is 1390. The fourth-order valence-electron chi connectivity index (χ4n) is 3.55. The van der Waals surface area contributed by atoms with Crippen molar-refractivity contribution in [2.24, 2.45) is 4.99 Å². The summed E-state index contributed by atoms with van der Waals surface area (Å²) in [5, 5.41) is 13.1. The van der Waals surface area contributed by atoms with Crippen LogP contribution in [0, 0.1) is 0 Å². The van der Waals surface area contributed by atoms with Gasteiger partial charge < -0.3 is 19.9 Å². The molecule has 4 aromatic rings. The van der Waals surface area contributed by atoms with Gasteiger partial charge >= 0.3 is 5.97 Å². The minimum absolute atomic E-state index is 0.259.